The molecule has 1 unspecified atom stereocenters. The maximum Gasteiger partial charge on any atom is 0.325 e. The van der Waals surface area contributed by atoms with Crippen LogP contribution < -0.4 is 16.0 Å². The first-order valence-corrected chi connectivity index (χ1v) is 9.83. The van der Waals surface area contributed by atoms with Gasteiger partial charge in [0.05, 0.1) is 0 Å². The van der Waals surface area contributed by atoms with E-state index in [2.05, 4.69) is 16.0 Å². The molecule has 1 aliphatic heterocycles. The second-order valence-electron chi connectivity index (χ2n) is 7.34. The van der Waals surface area contributed by atoms with Crippen LogP contribution in [0, 0.1) is 5.82 Å². The highest BCUT2D eigenvalue weighted by Crippen LogP contribution is 2.28. The Morgan fingerprint density at radius 2 is 1.84 bits per heavy atom. The molecule has 0 aromatic heterocycles. The number of rotatable bonds is 7. The second kappa shape index (κ2) is 8.95. The van der Waals surface area contributed by atoms with E-state index in [0.29, 0.717) is 23.4 Å². The van der Waals surface area contributed by atoms with Crippen LogP contribution in [0.15, 0.2) is 48.5 Å². The van der Waals surface area contributed by atoms with E-state index in [1.54, 1.807) is 18.2 Å². The van der Waals surface area contributed by atoms with Crippen molar-refractivity contribution in [3.05, 3.63) is 65.5 Å². The fourth-order valence-electron chi connectivity index (χ4n) is 3.24. The van der Waals surface area contributed by atoms with Crippen molar-refractivity contribution in [2.45, 2.75) is 25.8 Å². The van der Waals surface area contributed by atoms with Crippen LogP contribution in [0.2, 0.25) is 0 Å². The number of hydrogen-bond acceptors (Lipinski definition) is 4. The van der Waals surface area contributed by atoms with E-state index >= 15 is 0 Å². The zero-order valence-corrected chi connectivity index (χ0v) is 17.2. The number of imide groups is 1. The SMILES string of the molecule is CCCNC(=O)c1cccc(NC(=O)CN2C(=O)NC(C)(c3ccc(F)cc3)C2=O)c1. The normalized spacial score (nSPS) is 18.0. The van der Waals surface area contributed by atoms with Gasteiger partial charge < -0.3 is 16.0 Å². The van der Waals surface area contributed by atoms with Crippen molar-refractivity contribution in [3.8, 4) is 0 Å². The van der Waals surface area contributed by atoms with Gasteiger partial charge in [-0.15, -0.1) is 0 Å². The molecule has 1 atom stereocenters. The van der Waals surface area contributed by atoms with Gasteiger partial charge in [-0.05, 0) is 49.2 Å². The van der Waals surface area contributed by atoms with Crippen molar-refractivity contribution < 1.29 is 23.6 Å². The summed E-state index contributed by atoms with van der Waals surface area (Å²) in [5.74, 6) is -1.95. The summed E-state index contributed by atoms with van der Waals surface area (Å²) in [7, 11) is 0. The first kappa shape index (κ1) is 21.9. The van der Waals surface area contributed by atoms with E-state index in [1.807, 2.05) is 6.92 Å². The van der Waals surface area contributed by atoms with Crippen LogP contribution in [0.5, 0.6) is 0 Å². The summed E-state index contributed by atoms with van der Waals surface area (Å²) in [6.07, 6.45) is 0.797. The Labute approximate surface area is 178 Å². The van der Waals surface area contributed by atoms with Crippen LogP contribution in [-0.2, 0) is 15.1 Å². The summed E-state index contributed by atoms with van der Waals surface area (Å²) in [6.45, 7) is 3.46. The number of halogens is 1. The van der Waals surface area contributed by atoms with Crippen LogP contribution >= 0.6 is 0 Å². The van der Waals surface area contributed by atoms with Gasteiger partial charge in [-0.25, -0.2) is 9.18 Å². The lowest BCUT2D eigenvalue weighted by atomic mass is 9.92. The molecule has 3 N–H and O–H groups in total. The van der Waals surface area contributed by atoms with Gasteiger partial charge in [0.25, 0.3) is 11.8 Å². The number of nitrogens with zero attached hydrogens (tertiary/aromatic N) is 1. The molecule has 5 amide bonds. The smallest absolute Gasteiger partial charge is 0.325 e. The summed E-state index contributed by atoms with van der Waals surface area (Å²) in [5, 5.41) is 7.90. The topological polar surface area (TPSA) is 108 Å². The van der Waals surface area contributed by atoms with Crippen molar-refractivity contribution in [3.63, 3.8) is 0 Å². The van der Waals surface area contributed by atoms with Crippen molar-refractivity contribution in [1.82, 2.24) is 15.5 Å². The molecule has 0 spiro atoms. The van der Waals surface area contributed by atoms with Gasteiger partial charge in [-0.3, -0.25) is 19.3 Å². The molecule has 31 heavy (non-hydrogen) atoms. The highest BCUT2D eigenvalue weighted by molar-refractivity contribution is 6.10. The van der Waals surface area contributed by atoms with Gasteiger partial charge in [0.1, 0.15) is 17.9 Å². The Balaban J connectivity index is 1.68. The largest absolute Gasteiger partial charge is 0.352 e. The van der Waals surface area contributed by atoms with Gasteiger partial charge >= 0.3 is 6.03 Å². The van der Waals surface area contributed by atoms with Crippen LogP contribution in [0.1, 0.15) is 36.2 Å². The molecule has 1 heterocycles. The molecule has 3 rings (SSSR count). The van der Waals surface area contributed by atoms with E-state index in [4.69, 9.17) is 0 Å². The third kappa shape index (κ3) is 4.71. The zero-order valence-electron chi connectivity index (χ0n) is 17.2. The predicted octanol–water partition coefficient (Wildman–Crippen LogP) is 2.37. The fourth-order valence-corrected chi connectivity index (χ4v) is 3.24. The van der Waals surface area contributed by atoms with Crippen LogP contribution in [0.4, 0.5) is 14.9 Å². The number of urea groups is 1. The molecular weight excluding hydrogens is 403 g/mol. The lowest BCUT2D eigenvalue weighted by molar-refractivity contribution is -0.133. The number of hydrogen-bond donors (Lipinski definition) is 3. The first-order valence-electron chi connectivity index (χ1n) is 9.83. The van der Waals surface area contributed by atoms with Crippen LogP contribution in [-0.4, -0.2) is 41.7 Å². The van der Waals surface area contributed by atoms with Gasteiger partial charge in [0.2, 0.25) is 5.91 Å². The molecule has 1 fully saturated rings. The van der Waals surface area contributed by atoms with Gasteiger partial charge in [-0.1, -0.05) is 25.1 Å². The minimum absolute atomic E-state index is 0.262. The van der Waals surface area contributed by atoms with Crippen molar-refractivity contribution >= 4 is 29.4 Å². The molecule has 1 aliphatic rings. The quantitative estimate of drug-likeness (QED) is 0.591. The number of nitrogens with one attached hydrogen (secondary N) is 3. The van der Waals surface area contributed by atoms with E-state index < -0.39 is 35.7 Å². The second-order valence-corrected chi connectivity index (χ2v) is 7.34. The van der Waals surface area contributed by atoms with Crippen LogP contribution in [0.25, 0.3) is 0 Å². The lowest BCUT2D eigenvalue weighted by Crippen LogP contribution is -2.42. The number of anilines is 1. The molecule has 0 radical (unpaired) electrons. The maximum atomic E-state index is 13.2. The Kier molecular flexibility index (Phi) is 6.33. The van der Waals surface area contributed by atoms with Crippen LogP contribution in [0.3, 0.4) is 0 Å². The van der Waals surface area contributed by atoms with Crippen molar-refractivity contribution in [1.29, 1.82) is 0 Å². The molecule has 0 aliphatic carbocycles. The summed E-state index contributed by atoms with van der Waals surface area (Å²) in [6, 6.07) is 10.8. The number of carbonyl (C=O) groups excluding carboxylic acids is 4. The minimum atomic E-state index is -1.40. The molecule has 2 aromatic rings. The Morgan fingerprint density at radius 3 is 2.52 bits per heavy atom. The Bertz CT molecular complexity index is 1020. The Hall–Kier alpha value is -3.75. The molecule has 9 heteroatoms. The summed E-state index contributed by atoms with van der Waals surface area (Å²) in [4.78, 5) is 50.6. The molecule has 0 bridgehead atoms. The molecule has 2 aromatic carbocycles. The third-order valence-corrected chi connectivity index (χ3v) is 4.94. The van der Waals surface area contributed by atoms with E-state index in [9.17, 15) is 23.6 Å². The predicted molar refractivity (Wildman–Crippen MR) is 112 cm³/mol. The average molecular weight is 426 g/mol. The zero-order chi connectivity index (χ0) is 22.6. The third-order valence-electron chi connectivity index (χ3n) is 4.94. The standard InChI is InChI=1S/C22H23FN4O4/c1-3-11-24-19(29)14-5-4-6-17(12-14)25-18(28)13-27-20(30)22(2,26-21(27)31)15-7-9-16(23)10-8-15/h4-10,12H,3,11,13H2,1-2H3,(H,24,29)(H,25,28)(H,26,31). The molecule has 8 nitrogen and oxygen atoms in total. The molecular formula is C22H23FN4O4. The van der Waals surface area contributed by atoms with Gasteiger partial charge in [0.15, 0.2) is 0 Å². The van der Waals surface area contributed by atoms with Gasteiger partial charge in [0, 0.05) is 17.8 Å². The highest BCUT2D eigenvalue weighted by atomic mass is 19.1. The first-order chi connectivity index (χ1) is 14.7. The number of amides is 5. The van der Waals surface area contributed by atoms with Gasteiger partial charge in [-0.2, -0.15) is 0 Å². The summed E-state index contributed by atoms with van der Waals surface area (Å²) < 4.78 is 13.2. The molecule has 1 saturated heterocycles. The van der Waals surface area contributed by atoms with Crippen molar-refractivity contribution in [2.24, 2.45) is 0 Å². The Morgan fingerprint density at radius 1 is 1.13 bits per heavy atom. The van der Waals surface area contributed by atoms with E-state index in [0.717, 1.165) is 11.3 Å². The van der Waals surface area contributed by atoms with Crippen molar-refractivity contribution in [2.75, 3.05) is 18.4 Å². The molecule has 0 saturated carbocycles. The lowest BCUT2D eigenvalue weighted by Gasteiger charge is -2.22. The maximum absolute atomic E-state index is 13.2. The monoisotopic (exact) mass is 426 g/mol. The fraction of sp³-hybridized carbons (Fsp3) is 0.273. The number of benzene rings is 2. The molecule has 162 valence electrons. The number of carbonyl (C=O) groups is 4. The highest BCUT2D eigenvalue weighted by Gasteiger charge is 2.49. The minimum Gasteiger partial charge on any atom is -0.352 e. The van der Waals surface area contributed by atoms with E-state index in [1.165, 1.54) is 37.3 Å². The summed E-state index contributed by atoms with van der Waals surface area (Å²) in [5.41, 5.74) is -0.254. The van der Waals surface area contributed by atoms with E-state index in [-0.39, 0.29) is 5.91 Å². The average Bonchev–Trinajstić information content (AvgIpc) is 2.96. The summed E-state index contributed by atoms with van der Waals surface area (Å²) >= 11 is 0.